The lowest BCUT2D eigenvalue weighted by atomic mass is 10.1. The van der Waals surface area contributed by atoms with Gasteiger partial charge in [-0.05, 0) is 25.0 Å². The standard InChI is InChI=1S/C17H24N2O5/c1-11(2)12(3)19-15(20)10-24-16(21)9-18-17(22)13-7-5-6-8-14(13)23-4/h5-8,11-12H,9-10H2,1-4H3,(H,18,22)(H,19,20)/t12-/m0/s1. The zero-order valence-electron chi connectivity index (χ0n) is 14.4. The Morgan fingerprint density at radius 2 is 1.79 bits per heavy atom. The van der Waals surface area contributed by atoms with E-state index in [1.54, 1.807) is 24.3 Å². The van der Waals surface area contributed by atoms with Crippen LogP contribution in [0, 0.1) is 5.92 Å². The summed E-state index contributed by atoms with van der Waals surface area (Å²) in [5.41, 5.74) is 0.316. The molecule has 132 valence electrons. The van der Waals surface area contributed by atoms with Crippen molar-refractivity contribution in [1.29, 1.82) is 0 Å². The highest BCUT2D eigenvalue weighted by Gasteiger charge is 2.15. The van der Waals surface area contributed by atoms with Crippen molar-refractivity contribution in [2.24, 2.45) is 5.92 Å². The van der Waals surface area contributed by atoms with E-state index in [1.807, 2.05) is 20.8 Å². The molecule has 0 unspecified atom stereocenters. The lowest BCUT2D eigenvalue weighted by Crippen LogP contribution is -2.39. The van der Waals surface area contributed by atoms with Crippen LogP contribution in [0.2, 0.25) is 0 Å². The molecular weight excluding hydrogens is 312 g/mol. The van der Waals surface area contributed by atoms with Crippen LogP contribution in [0.1, 0.15) is 31.1 Å². The first-order valence-corrected chi connectivity index (χ1v) is 7.71. The number of nitrogens with one attached hydrogen (secondary N) is 2. The van der Waals surface area contributed by atoms with Crippen molar-refractivity contribution in [3.63, 3.8) is 0 Å². The molecule has 0 saturated heterocycles. The average molecular weight is 336 g/mol. The second-order valence-corrected chi connectivity index (χ2v) is 5.64. The van der Waals surface area contributed by atoms with Crippen molar-refractivity contribution in [1.82, 2.24) is 10.6 Å². The molecule has 0 radical (unpaired) electrons. The van der Waals surface area contributed by atoms with Crippen molar-refractivity contribution in [2.45, 2.75) is 26.8 Å². The lowest BCUT2D eigenvalue weighted by molar-refractivity contribution is -0.147. The molecular formula is C17H24N2O5. The third-order valence-corrected chi connectivity index (χ3v) is 3.50. The average Bonchev–Trinajstić information content (AvgIpc) is 2.57. The summed E-state index contributed by atoms with van der Waals surface area (Å²) in [5, 5.41) is 5.15. The molecule has 1 aromatic rings. The van der Waals surface area contributed by atoms with Gasteiger partial charge in [-0.25, -0.2) is 0 Å². The summed E-state index contributed by atoms with van der Waals surface area (Å²) < 4.78 is 9.91. The van der Waals surface area contributed by atoms with Gasteiger partial charge in [0.1, 0.15) is 12.3 Å². The predicted molar refractivity (Wildman–Crippen MR) is 88.7 cm³/mol. The van der Waals surface area contributed by atoms with Gasteiger partial charge in [-0.15, -0.1) is 0 Å². The van der Waals surface area contributed by atoms with E-state index in [-0.39, 0.29) is 31.0 Å². The smallest absolute Gasteiger partial charge is 0.325 e. The first kappa shape index (κ1) is 19.5. The zero-order valence-corrected chi connectivity index (χ0v) is 14.4. The molecule has 0 heterocycles. The van der Waals surface area contributed by atoms with Crippen LogP contribution in [0.3, 0.4) is 0 Å². The summed E-state index contributed by atoms with van der Waals surface area (Å²) in [6.45, 7) is 5.12. The summed E-state index contributed by atoms with van der Waals surface area (Å²) in [5.74, 6) is -0.830. The second-order valence-electron chi connectivity index (χ2n) is 5.64. The number of methoxy groups -OCH3 is 1. The van der Waals surface area contributed by atoms with Gasteiger partial charge in [-0.2, -0.15) is 0 Å². The molecule has 1 atom stereocenters. The van der Waals surface area contributed by atoms with Crippen LogP contribution in [-0.4, -0.2) is 44.1 Å². The highest BCUT2D eigenvalue weighted by Crippen LogP contribution is 2.16. The van der Waals surface area contributed by atoms with E-state index in [0.717, 1.165) is 0 Å². The van der Waals surface area contributed by atoms with E-state index < -0.39 is 11.9 Å². The number of esters is 1. The molecule has 7 heteroatoms. The number of para-hydroxylation sites is 1. The zero-order chi connectivity index (χ0) is 18.1. The molecule has 0 fully saturated rings. The van der Waals surface area contributed by atoms with Gasteiger partial charge in [0.05, 0.1) is 12.7 Å². The number of carbonyl (C=O) groups excluding carboxylic acids is 3. The molecule has 0 aliphatic rings. The normalized spacial score (nSPS) is 11.5. The summed E-state index contributed by atoms with van der Waals surface area (Å²) in [7, 11) is 1.46. The minimum atomic E-state index is -0.689. The maximum Gasteiger partial charge on any atom is 0.325 e. The summed E-state index contributed by atoms with van der Waals surface area (Å²) in [4.78, 5) is 35.2. The van der Waals surface area contributed by atoms with Crippen molar-refractivity contribution >= 4 is 17.8 Å². The van der Waals surface area contributed by atoms with Crippen molar-refractivity contribution in [3.05, 3.63) is 29.8 Å². The molecule has 0 saturated carbocycles. The van der Waals surface area contributed by atoms with Gasteiger partial charge in [0.2, 0.25) is 0 Å². The minimum Gasteiger partial charge on any atom is -0.496 e. The fraction of sp³-hybridized carbons (Fsp3) is 0.471. The van der Waals surface area contributed by atoms with Crippen molar-refractivity contribution in [2.75, 3.05) is 20.3 Å². The van der Waals surface area contributed by atoms with E-state index in [4.69, 9.17) is 9.47 Å². The van der Waals surface area contributed by atoms with E-state index in [9.17, 15) is 14.4 Å². The topological polar surface area (TPSA) is 93.7 Å². The molecule has 0 bridgehead atoms. The number of benzene rings is 1. The number of ether oxygens (including phenoxy) is 2. The van der Waals surface area contributed by atoms with Crippen LogP contribution in [0.4, 0.5) is 0 Å². The van der Waals surface area contributed by atoms with Gasteiger partial charge in [-0.1, -0.05) is 26.0 Å². The molecule has 0 aliphatic carbocycles. The fourth-order valence-electron chi connectivity index (χ4n) is 1.74. The fourth-order valence-corrected chi connectivity index (χ4v) is 1.74. The van der Waals surface area contributed by atoms with Crippen LogP contribution < -0.4 is 15.4 Å². The first-order chi connectivity index (χ1) is 11.3. The Bertz CT molecular complexity index is 586. The van der Waals surface area contributed by atoms with Gasteiger partial charge < -0.3 is 20.1 Å². The Morgan fingerprint density at radius 3 is 2.42 bits per heavy atom. The number of rotatable bonds is 8. The Balaban J connectivity index is 2.38. The van der Waals surface area contributed by atoms with E-state index in [2.05, 4.69) is 10.6 Å². The molecule has 0 aromatic heterocycles. The van der Waals surface area contributed by atoms with Crippen LogP contribution >= 0.6 is 0 Å². The molecule has 0 aliphatic heterocycles. The van der Waals surface area contributed by atoms with Gasteiger partial charge in [0.15, 0.2) is 6.61 Å². The molecule has 1 rings (SSSR count). The molecule has 2 amide bonds. The monoisotopic (exact) mass is 336 g/mol. The predicted octanol–water partition coefficient (Wildman–Crippen LogP) is 1.13. The number of hydrogen-bond acceptors (Lipinski definition) is 5. The maximum absolute atomic E-state index is 12.0. The van der Waals surface area contributed by atoms with Gasteiger partial charge >= 0.3 is 5.97 Å². The number of amides is 2. The largest absolute Gasteiger partial charge is 0.496 e. The van der Waals surface area contributed by atoms with E-state index in [1.165, 1.54) is 7.11 Å². The third-order valence-electron chi connectivity index (χ3n) is 3.50. The Hall–Kier alpha value is -2.57. The number of carbonyl (C=O) groups is 3. The highest BCUT2D eigenvalue weighted by molar-refractivity contribution is 5.98. The third kappa shape index (κ3) is 6.28. The van der Waals surface area contributed by atoms with Gasteiger partial charge in [-0.3, -0.25) is 14.4 Å². The van der Waals surface area contributed by atoms with E-state index >= 15 is 0 Å². The van der Waals surface area contributed by atoms with E-state index in [0.29, 0.717) is 11.3 Å². The van der Waals surface area contributed by atoms with Gasteiger partial charge in [0.25, 0.3) is 11.8 Å². The Morgan fingerprint density at radius 1 is 1.12 bits per heavy atom. The lowest BCUT2D eigenvalue weighted by Gasteiger charge is -2.17. The molecule has 2 N–H and O–H groups in total. The van der Waals surface area contributed by atoms with Crippen LogP contribution in [-0.2, 0) is 14.3 Å². The molecule has 1 aromatic carbocycles. The van der Waals surface area contributed by atoms with Crippen LogP contribution in [0.25, 0.3) is 0 Å². The second kappa shape index (κ2) is 9.54. The molecule has 24 heavy (non-hydrogen) atoms. The Kier molecular flexibility index (Phi) is 7.74. The SMILES string of the molecule is COc1ccccc1C(=O)NCC(=O)OCC(=O)N[C@@H](C)C(C)C. The maximum atomic E-state index is 12.0. The van der Waals surface area contributed by atoms with Crippen LogP contribution in [0.15, 0.2) is 24.3 Å². The molecule has 0 spiro atoms. The number of hydrogen-bond donors (Lipinski definition) is 2. The highest BCUT2D eigenvalue weighted by atomic mass is 16.5. The van der Waals surface area contributed by atoms with Crippen molar-refractivity contribution < 1.29 is 23.9 Å². The summed E-state index contributed by atoms with van der Waals surface area (Å²) in [6.07, 6.45) is 0. The quantitative estimate of drug-likeness (QED) is 0.694. The van der Waals surface area contributed by atoms with Crippen LogP contribution in [0.5, 0.6) is 5.75 Å². The first-order valence-electron chi connectivity index (χ1n) is 7.71. The molecule has 7 nitrogen and oxygen atoms in total. The summed E-state index contributed by atoms with van der Waals surface area (Å²) in [6, 6.07) is 6.64. The summed E-state index contributed by atoms with van der Waals surface area (Å²) >= 11 is 0. The minimum absolute atomic E-state index is 0.0125. The van der Waals surface area contributed by atoms with Crippen molar-refractivity contribution in [3.8, 4) is 5.75 Å². The Labute approximate surface area is 141 Å². The van der Waals surface area contributed by atoms with Gasteiger partial charge in [0, 0.05) is 6.04 Å².